The van der Waals surface area contributed by atoms with Crippen molar-refractivity contribution in [1.82, 2.24) is 0 Å². The van der Waals surface area contributed by atoms with Gasteiger partial charge in [-0.05, 0) is 31.4 Å². The fourth-order valence-electron chi connectivity index (χ4n) is 2.74. The Kier molecular flexibility index (Phi) is 4.22. The van der Waals surface area contributed by atoms with Gasteiger partial charge in [-0.3, -0.25) is 0 Å². The van der Waals surface area contributed by atoms with Crippen molar-refractivity contribution >= 4 is 0 Å². The normalized spacial score (nSPS) is 24.5. The predicted molar refractivity (Wildman–Crippen MR) is 77.2 cm³/mol. The first-order valence-corrected chi connectivity index (χ1v) is 7.40. The molecule has 0 aromatic heterocycles. The molecule has 21 heavy (non-hydrogen) atoms. The first-order chi connectivity index (χ1) is 10.2. The molecule has 2 aliphatic heterocycles. The second-order valence-corrected chi connectivity index (χ2v) is 5.39. The highest BCUT2D eigenvalue weighted by Gasteiger charge is 2.31. The zero-order valence-corrected chi connectivity index (χ0v) is 12.8. The quantitative estimate of drug-likeness (QED) is 0.781. The zero-order valence-electron chi connectivity index (χ0n) is 12.8. The molecule has 0 bridgehead atoms. The van der Waals surface area contributed by atoms with Crippen molar-refractivity contribution in [2.75, 3.05) is 27.4 Å². The minimum Gasteiger partial charge on any atom is -0.493 e. The van der Waals surface area contributed by atoms with E-state index in [4.69, 9.17) is 23.7 Å². The number of methoxy groups -OCH3 is 2. The first kappa shape index (κ1) is 14.5. The van der Waals surface area contributed by atoms with Crippen molar-refractivity contribution in [3.8, 4) is 17.2 Å². The lowest BCUT2D eigenvalue weighted by atomic mass is 10.0. The summed E-state index contributed by atoms with van der Waals surface area (Å²) in [5.74, 6) is 1.99. The summed E-state index contributed by atoms with van der Waals surface area (Å²) >= 11 is 0. The summed E-state index contributed by atoms with van der Waals surface area (Å²) in [5, 5.41) is 0. The molecule has 5 heteroatoms. The van der Waals surface area contributed by atoms with Gasteiger partial charge in [-0.1, -0.05) is 0 Å². The average molecular weight is 294 g/mol. The number of rotatable bonds is 5. The average Bonchev–Trinajstić information content (AvgIpc) is 3.34. The van der Waals surface area contributed by atoms with Gasteiger partial charge in [0.05, 0.1) is 27.4 Å². The molecule has 0 amide bonds. The molecule has 2 saturated heterocycles. The standard InChI is InChI=1S/C16H22O5/c1-10-11(13-9-20-13)8-12(17-2)16(15(10)18-3)21-14-6-4-5-7-19-14/h8,13-14H,4-7,9H2,1-3H3. The van der Waals surface area contributed by atoms with Gasteiger partial charge in [-0.2, -0.15) is 0 Å². The Balaban J connectivity index is 1.94. The molecule has 116 valence electrons. The highest BCUT2D eigenvalue weighted by molar-refractivity contribution is 5.59. The van der Waals surface area contributed by atoms with Crippen LogP contribution in [0.3, 0.4) is 0 Å². The number of hydrogen-bond donors (Lipinski definition) is 0. The van der Waals surface area contributed by atoms with E-state index < -0.39 is 0 Å². The van der Waals surface area contributed by atoms with E-state index in [9.17, 15) is 0 Å². The summed E-state index contributed by atoms with van der Waals surface area (Å²) in [7, 11) is 3.28. The maximum atomic E-state index is 6.02. The van der Waals surface area contributed by atoms with Gasteiger partial charge in [-0.15, -0.1) is 0 Å². The summed E-state index contributed by atoms with van der Waals surface area (Å²) in [6.07, 6.45) is 3.00. The molecule has 0 spiro atoms. The molecule has 0 aliphatic carbocycles. The third-order valence-corrected chi connectivity index (χ3v) is 3.98. The highest BCUT2D eigenvalue weighted by atomic mass is 16.7. The maximum absolute atomic E-state index is 6.02. The highest BCUT2D eigenvalue weighted by Crippen LogP contribution is 2.47. The summed E-state index contributed by atoms with van der Waals surface area (Å²) in [6.45, 7) is 3.51. The van der Waals surface area contributed by atoms with Crippen molar-refractivity contribution in [1.29, 1.82) is 0 Å². The molecule has 3 rings (SSSR count). The topological polar surface area (TPSA) is 49.5 Å². The Morgan fingerprint density at radius 3 is 2.48 bits per heavy atom. The molecule has 5 nitrogen and oxygen atoms in total. The molecule has 2 atom stereocenters. The lowest BCUT2D eigenvalue weighted by molar-refractivity contribution is -0.107. The number of hydrogen-bond acceptors (Lipinski definition) is 5. The largest absolute Gasteiger partial charge is 0.493 e. The van der Waals surface area contributed by atoms with E-state index in [1.807, 2.05) is 13.0 Å². The van der Waals surface area contributed by atoms with Gasteiger partial charge >= 0.3 is 0 Å². The van der Waals surface area contributed by atoms with Crippen molar-refractivity contribution in [2.24, 2.45) is 0 Å². The minimum absolute atomic E-state index is 0.146. The fraction of sp³-hybridized carbons (Fsp3) is 0.625. The van der Waals surface area contributed by atoms with Crippen LogP contribution in [0.1, 0.15) is 36.5 Å². The van der Waals surface area contributed by atoms with Gasteiger partial charge in [0.25, 0.3) is 0 Å². The Morgan fingerprint density at radius 2 is 1.90 bits per heavy atom. The second-order valence-electron chi connectivity index (χ2n) is 5.39. The smallest absolute Gasteiger partial charge is 0.206 e. The van der Waals surface area contributed by atoms with E-state index in [1.54, 1.807) is 14.2 Å². The summed E-state index contributed by atoms with van der Waals surface area (Å²) in [5.41, 5.74) is 2.13. The fourth-order valence-corrected chi connectivity index (χ4v) is 2.74. The molecule has 0 saturated carbocycles. The van der Waals surface area contributed by atoms with Crippen LogP contribution >= 0.6 is 0 Å². The van der Waals surface area contributed by atoms with Crippen molar-refractivity contribution in [2.45, 2.75) is 38.6 Å². The van der Waals surface area contributed by atoms with Crippen LogP contribution in [-0.4, -0.2) is 33.7 Å². The van der Waals surface area contributed by atoms with Gasteiger partial charge in [0.2, 0.25) is 5.75 Å². The van der Waals surface area contributed by atoms with Crippen LogP contribution in [0.2, 0.25) is 0 Å². The number of benzene rings is 1. The summed E-state index contributed by atoms with van der Waals surface area (Å²) in [6, 6.07) is 1.98. The van der Waals surface area contributed by atoms with Crippen LogP contribution < -0.4 is 14.2 Å². The van der Waals surface area contributed by atoms with Gasteiger partial charge in [0, 0.05) is 12.0 Å². The summed E-state index contributed by atoms with van der Waals surface area (Å²) in [4.78, 5) is 0. The first-order valence-electron chi connectivity index (χ1n) is 7.40. The van der Waals surface area contributed by atoms with Crippen molar-refractivity contribution < 1.29 is 23.7 Å². The van der Waals surface area contributed by atoms with Gasteiger partial charge in [0.15, 0.2) is 17.8 Å². The Bertz CT molecular complexity index is 504. The van der Waals surface area contributed by atoms with E-state index in [0.29, 0.717) is 17.2 Å². The van der Waals surface area contributed by atoms with E-state index in [0.717, 1.165) is 43.6 Å². The third kappa shape index (κ3) is 2.94. The van der Waals surface area contributed by atoms with Crippen LogP contribution in [0, 0.1) is 6.92 Å². The monoisotopic (exact) mass is 294 g/mol. The SMILES string of the molecule is COc1cc(C2CO2)c(C)c(OC)c1OC1CCCCO1. The van der Waals surface area contributed by atoms with Crippen molar-refractivity contribution in [3.05, 3.63) is 17.2 Å². The molecule has 2 fully saturated rings. The maximum Gasteiger partial charge on any atom is 0.206 e. The lowest BCUT2D eigenvalue weighted by Gasteiger charge is -2.26. The molecule has 2 aliphatic rings. The molecular formula is C16H22O5. The van der Waals surface area contributed by atoms with E-state index in [2.05, 4.69) is 0 Å². The molecule has 1 aromatic rings. The Hall–Kier alpha value is -1.46. The molecule has 1 aromatic carbocycles. The van der Waals surface area contributed by atoms with E-state index in [1.165, 1.54) is 0 Å². The lowest BCUT2D eigenvalue weighted by Crippen LogP contribution is -2.25. The van der Waals surface area contributed by atoms with Crippen molar-refractivity contribution in [3.63, 3.8) is 0 Å². The van der Waals surface area contributed by atoms with E-state index >= 15 is 0 Å². The summed E-state index contributed by atoms with van der Waals surface area (Å²) < 4.78 is 28.1. The minimum atomic E-state index is -0.232. The van der Waals surface area contributed by atoms with Gasteiger partial charge in [0.1, 0.15) is 6.10 Å². The van der Waals surface area contributed by atoms with Crippen LogP contribution in [-0.2, 0) is 9.47 Å². The Morgan fingerprint density at radius 1 is 1.10 bits per heavy atom. The van der Waals surface area contributed by atoms with Crippen LogP contribution in [0.15, 0.2) is 6.07 Å². The third-order valence-electron chi connectivity index (χ3n) is 3.98. The predicted octanol–water partition coefficient (Wildman–Crippen LogP) is 2.99. The number of ether oxygens (including phenoxy) is 5. The van der Waals surface area contributed by atoms with Gasteiger partial charge in [-0.25, -0.2) is 0 Å². The van der Waals surface area contributed by atoms with Crippen LogP contribution in [0.5, 0.6) is 17.2 Å². The molecule has 0 radical (unpaired) electrons. The molecule has 2 unspecified atom stereocenters. The second kappa shape index (κ2) is 6.12. The van der Waals surface area contributed by atoms with Gasteiger partial charge < -0.3 is 23.7 Å². The molecule has 0 N–H and O–H groups in total. The van der Waals surface area contributed by atoms with Crippen LogP contribution in [0.25, 0.3) is 0 Å². The Labute approximate surface area is 125 Å². The zero-order chi connectivity index (χ0) is 14.8. The molecule has 2 heterocycles. The molecular weight excluding hydrogens is 272 g/mol. The number of epoxide rings is 1. The van der Waals surface area contributed by atoms with E-state index in [-0.39, 0.29) is 12.4 Å². The van der Waals surface area contributed by atoms with Crippen LogP contribution in [0.4, 0.5) is 0 Å².